The van der Waals surface area contributed by atoms with E-state index in [1.165, 1.54) is 12.1 Å². The third-order valence-electron chi connectivity index (χ3n) is 2.48. The van der Waals surface area contributed by atoms with Gasteiger partial charge in [0.15, 0.2) is 0 Å². The molecule has 0 bridgehead atoms. The summed E-state index contributed by atoms with van der Waals surface area (Å²) < 4.78 is 0. The topological polar surface area (TPSA) is 84.2 Å². The monoisotopic (exact) mass is 289 g/mol. The van der Waals surface area contributed by atoms with Gasteiger partial charge in [0.25, 0.3) is 0 Å². The van der Waals surface area contributed by atoms with Gasteiger partial charge in [-0.1, -0.05) is 29.8 Å². The lowest BCUT2D eigenvalue weighted by atomic mass is 10.3. The molecule has 2 amide bonds. The number of nitrogens with two attached hydrogens (primary N) is 1. The number of hydrogen-bond acceptors (Lipinski definition) is 3. The third kappa shape index (κ3) is 3.49. The van der Waals surface area contributed by atoms with Crippen molar-refractivity contribution in [2.45, 2.75) is 0 Å². The molecule has 0 spiro atoms. The van der Waals surface area contributed by atoms with Crippen molar-refractivity contribution in [3.05, 3.63) is 53.6 Å². The lowest BCUT2D eigenvalue weighted by molar-refractivity contribution is -0.132. The number of para-hydroxylation sites is 1. The van der Waals surface area contributed by atoms with Crippen LogP contribution in [0.5, 0.6) is 0 Å². The summed E-state index contributed by atoms with van der Waals surface area (Å²) >= 11 is 5.91. The molecule has 0 aliphatic carbocycles. The van der Waals surface area contributed by atoms with Crippen LogP contribution in [0.25, 0.3) is 0 Å². The second-order valence-electron chi connectivity index (χ2n) is 4.01. The number of nitrogen functional groups attached to an aromatic ring is 1. The summed E-state index contributed by atoms with van der Waals surface area (Å²) in [5.41, 5.74) is 6.88. The minimum Gasteiger partial charge on any atom is -0.399 e. The second kappa shape index (κ2) is 6.08. The van der Waals surface area contributed by atoms with Gasteiger partial charge in [-0.2, -0.15) is 0 Å². The fourth-order valence-corrected chi connectivity index (χ4v) is 1.76. The molecule has 2 rings (SSSR count). The molecular weight excluding hydrogens is 278 g/mol. The highest BCUT2D eigenvalue weighted by molar-refractivity contribution is 6.44. The van der Waals surface area contributed by atoms with E-state index in [9.17, 15) is 9.59 Å². The molecule has 0 atom stereocenters. The largest absolute Gasteiger partial charge is 0.399 e. The number of anilines is 3. The normalized spacial score (nSPS) is 9.85. The van der Waals surface area contributed by atoms with Crippen molar-refractivity contribution in [1.82, 2.24) is 0 Å². The van der Waals surface area contributed by atoms with Crippen LogP contribution in [0.3, 0.4) is 0 Å². The first-order valence-corrected chi connectivity index (χ1v) is 6.16. The van der Waals surface area contributed by atoms with Crippen LogP contribution in [-0.4, -0.2) is 11.8 Å². The predicted octanol–water partition coefficient (Wildman–Crippen LogP) is 2.50. The fraction of sp³-hybridized carbons (Fsp3) is 0. The Morgan fingerprint density at radius 2 is 1.60 bits per heavy atom. The molecule has 0 unspecified atom stereocenters. The highest BCUT2D eigenvalue weighted by atomic mass is 35.5. The SMILES string of the molecule is Nc1ccc(NC(=O)C(=O)Nc2ccccc2)c(Cl)c1. The van der Waals surface area contributed by atoms with Gasteiger partial charge in [-0.05, 0) is 30.3 Å². The molecule has 0 heterocycles. The van der Waals surface area contributed by atoms with Gasteiger partial charge in [-0.25, -0.2) is 0 Å². The van der Waals surface area contributed by atoms with E-state index >= 15 is 0 Å². The maximum absolute atomic E-state index is 11.7. The lowest BCUT2D eigenvalue weighted by Gasteiger charge is -2.08. The lowest BCUT2D eigenvalue weighted by Crippen LogP contribution is -2.29. The summed E-state index contributed by atoms with van der Waals surface area (Å²) in [4.78, 5) is 23.4. The molecule has 102 valence electrons. The number of carbonyl (C=O) groups excluding carboxylic acids is 2. The fourth-order valence-electron chi connectivity index (χ4n) is 1.52. The Kier molecular flexibility index (Phi) is 4.22. The number of halogens is 1. The van der Waals surface area contributed by atoms with E-state index < -0.39 is 11.8 Å². The predicted molar refractivity (Wildman–Crippen MR) is 79.6 cm³/mol. The molecular formula is C14H12ClN3O2. The van der Waals surface area contributed by atoms with E-state index in [4.69, 9.17) is 17.3 Å². The summed E-state index contributed by atoms with van der Waals surface area (Å²) in [6, 6.07) is 13.3. The molecule has 4 N–H and O–H groups in total. The van der Waals surface area contributed by atoms with Crippen LogP contribution in [0.4, 0.5) is 17.1 Å². The Labute approximate surface area is 120 Å². The van der Waals surface area contributed by atoms with Gasteiger partial charge in [-0.3, -0.25) is 9.59 Å². The van der Waals surface area contributed by atoms with Gasteiger partial charge >= 0.3 is 11.8 Å². The summed E-state index contributed by atoms with van der Waals surface area (Å²) in [6.45, 7) is 0. The maximum atomic E-state index is 11.7. The average Bonchev–Trinajstić information content (AvgIpc) is 2.43. The van der Waals surface area contributed by atoms with Crippen molar-refractivity contribution in [1.29, 1.82) is 0 Å². The van der Waals surface area contributed by atoms with Crippen LogP contribution in [-0.2, 0) is 9.59 Å². The Morgan fingerprint density at radius 3 is 2.25 bits per heavy atom. The van der Waals surface area contributed by atoms with Crippen LogP contribution in [0.1, 0.15) is 0 Å². The highest BCUT2D eigenvalue weighted by Gasteiger charge is 2.15. The van der Waals surface area contributed by atoms with Gasteiger partial charge in [-0.15, -0.1) is 0 Å². The van der Waals surface area contributed by atoms with Crippen LogP contribution in [0, 0.1) is 0 Å². The maximum Gasteiger partial charge on any atom is 0.314 e. The van der Waals surface area contributed by atoms with E-state index in [1.54, 1.807) is 30.3 Å². The van der Waals surface area contributed by atoms with Crippen molar-refractivity contribution in [3.63, 3.8) is 0 Å². The van der Waals surface area contributed by atoms with Gasteiger partial charge < -0.3 is 16.4 Å². The molecule has 2 aromatic rings. The molecule has 0 aliphatic rings. The quantitative estimate of drug-likeness (QED) is 0.586. The molecule has 2 aromatic carbocycles. The zero-order valence-electron chi connectivity index (χ0n) is 10.4. The minimum absolute atomic E-state index is 0.269. The Morgan fingerprint density at radius 1 is 0.950 bits per heavy atom. The van der Waals surface area contributed by atoms with Crippen molar-refractivity contribution in [2.75, 3.05) is 16.4 Å². The van der Waals surface area contributed by atoms with Crippen LogP contribution >= 0.6 is 11.6 Å². The van der Waals surface area contributed by atoms with Gasteiger partial charge in [0, 0.05) is 11.4 Å². The van der Waals surface area contributed by atoms with Gasteiger partial charge in [0.2, 0.25) is 0 Å². The Hall–Kier alpha value is -2.53. The summed E-state index contributed by atoms with van der Waals surface area (Å²) in [6.07, 6.45) is 0. The number of rotatable bonds is 2. The van der Waals surface area contributed by atoms with Crippen LogP contribution in [0.2, 0.25) is 5.02 Å². The van der Waals surface area contributed by atoms with Gasteiger partial charge in [0.05, 0.1) is 10.7 Å². The van der Waals surface area contributed by atoms with Gasteiger partial charge in [0.1, 0.15) is 0 Å². The first-order chi connectivity index (χ1) is 9.56. The smallest absolute Gasteiger partial charge is 0.314 e. The zero-order valence-corrected chi connectivity index (χ0v) is 11.1. The van der Waals surface area contributed by atoms with Crippen LogP contribution in [0.15, 0.2) is 48.5 Å². The molecule has 20 heavy (non-hydrogen) atoms. The molecule has 0 fully saturated rings. The summed E-state index contributed by atoms with van der Waals surface area (Å²) in [5, 5.41) is 5.16. The average molecular weight is 290 g/mol. The molecule has 0 aliphatic heterocycles. The summed E-state index contributed by atoms with van der Waals surface area (Å²) in [5.74, 6) is -1.58. The first kappa shape index (κ1) is 13.9. The van der Waals surface area contributed by atoms with E-state index in [1.807, 2.05) is 6.07 Å². The van der Waals surface area contributed by atoms with Crippen molar-refractivity contribution < 1.29 is 9.59 Å². The van der Waals surface area contributed by atoms with Crippen molar-refractivity contribution >= 4 is 40.5 Å². The first-order valence-electron chi connectivity index (χ1n) is 5.78. The number of benzene rings is 2. The minimum atomic E-state index is -0.805. The molecule has 0 aromatic heterocycles. The zero-order chi connectivity index (χ0) is 14.5. The number of carbonyl (C=O) groups is 2. The second-order valence-corrected chi connectivity index (χ2v) is 4.42. The van der Waals surface area contributed by atoms with Crippen molar-refractivity contribution in [2.24, 2.45) is 0 Å². The molecule has 5 nitrogen and oxygen atoms in total. The molecule has 0 radical (unpaired) electrons. The third-order valence-corrected chi connectivity index (χ3v) is 2.79. The van der Waals surface area contributed by atoms with Crippen LogP contribution < -0.4 is 16.4 Å². The van der Waals surface area contributed by atoms with E-state index in [0.717, 1.165) is 0 Å². The number of hydrogen-bond donors (Lipinski definition) is 3. The Balaban J connectivity index is 2.03. The Bertz CT molecular complexity index is 644. The number of nitrogens with one attached hydrogen (secondary N) is 2. The molecule has 6 heteroatoms. The van der Waals surface area contributed by atoms with Crippen molar-refractivity contribution in [3.8, 4) is 0 Å². The summed E-state index contributed by atoms with van der Waals surface area (Å²) in [7, 11) is 0. The highest BCUT2D eigenvalue weighted by Crippen LogP contribution is 2.23. The van der Waals surface area contributed by atoms with E-state index in [-0.39, 0.29) is 5.02 Å². The molecule has 0 saturated carbocycles. The number of amides is 2. The molecule has 0 saturated heterocycles. The standard InChI is InChI=1S/C14H12ClN3O2/c15-11-8-9(16)6-7-12(11)18-14(20)13(19)17-10-4-2-1-3-5-10/h1-8H,16H2,(H,17,19)(H,18,20). The van der Waals surface area contributed by atoms with E-state index in [0.29, 0.717) is 17.1 Å². The van der Waals surface area contributed by atoms with E-state index in [2.05, 4.69) is 10.6 Å².